The Hall–Kier alpha value is -0.0400. The van der Waals surface area contributed by atoms with E-state index in [4.69, 9.17) is 0 Å². The fourth-order valence-electron chi connectivity index (χ4n) is 3.33. The van der Waals surface area contributed by atoms with Crippen LogP contribution in [0.25, 0.3) is 0 Å². The van der Waals surface area contributed by atoms with Crippen LogP contribution in [0.3, 0.4) is 0 Å². The van der Waals surface area contributed by atoms with Crippen LogP contribution in [0.4, 0.5) is 0 Å². The zero-order valence-corrected chi connectivity index (χ0v) is 9.23. The normalized spacial score (nSPS) is 30.9. The fraction of sp³-hybridized carbons (Fsp3) is 1.00. The topological polar surface area (TPSA) is 12.0 Å². The quantitative estimate of drug-likeness (QED) is 0.708. The summed E-state index contributed by atoms with van der Waals surface area (Å²) in [4.78, 5) is 0. The maximum atomic E-state index is 3.75. The molecule has 0 heterocycles. The van der Waals surface area contributed by atoms with E-state index in [1.807, 2.05) is 0 Å². The molecule has 0 bridgehead atoms. The molecule has 0 aromatic carbocycles. The molecule has 3 fully saturated rings. The molecule has 3 saturated carbocycles. The molecule has 3 aliphatic carbocycles. The highest BCUT2D eigenvalue weighted by molar-refractivity contribution is 5.05. The zero-order valence-electron chi connectivity index (χ0n) is 9.23. The van der Waals surface area contributed by atoms with Crippen molar-refractivity contribution < 1.29 is 0 Å². The van der Waals surface area contributed by atoms with Crippen LogP contribution in [0.1, 0.15) is 51.4 Å². The van der Waals surface area contributed by atoms with E-state index >= 15 is 0 Å². The van der Waals surface area contributed by atoms with Gasteiger partial charge < -0.3 is 5.32 Å². The number of rotatable bonds is 5. The van der Waals surface area contributed by atoms with Crippen molar-refractivity contribution in [3.05, 3.63) is 0 Å². The van der Waals surface area contributed by atoms with Gasteiger partial charge in [-0.25, -0.2) is 0 Å². The van der Waals surface area contributed by atoms with Crippen LogP contribution in [0.5, 0.6) is 0 Å². The van der Waals surface area contributed by atoms with Crippen molar-refractivity contribution in [3.63, 3.8) is 0 Å². The van der Waals surface area contributed by atoms with Crippen LogP contribution in [0, 0.1) is 17.3 Å². The Bertz CT molecular complexity index is 197. The van der Waals surface area contributed by atoms with Crippen LogP contribution in [0.15, 0.2) is 0 Å². The molecule has 1 N–H and O–H groups in total. The van der Waals surface area contributed by atoms with Crippen molar-refractivity contribution in [1.29, 1.82) is 0 Å². The minimum absolute atomic E-state index is 0.804. The van der Waals surface area contributed by atoms with Crippen molar-refractivity contribution in [2.24, 2.45) is 17.3 Å². The van der Waals surface area contributed by atoms with Gasteiger partial charge in [0.1, 0.15) is 0 Å². The predicted molar refractivity (Wildman–Crippen MR) is 59.2 cm³/mol. The van der Waals surface area contributed by atoms with Crippen LogP contribution < -0.4 is 5.32 Å². The second kappa shape index (κ2) is 3.52. The minimum atomic E-state index is 0.804. The molecule has 3 rings (SSSR count). The van der Waals surface area contributed by atoms with E-state index in [-0.39, 0.29) is 0 Å². The summed E-state index contributed by atoms with van der Waals surface area (Å²) >= 11 is 0. The standard InChI is InChI=1S/C13H23N/c1-2-4-11(3-1)9-14-10-13(7-8-13)12-5-6-12/h11-12,14H,1-10H2. The van der Waals surface area contributed by atoms with Crippen molar-refractivity contribution >= 4 is 0 Å². The van der Waals surface area contributed by atoms with Crippen molar-refractivity contribution in [2.75, 3.05) is 13.1 Å². The Morgan fingerprint density at radius 2 is 1.71 bits per heavy atom. The summed E-state index contributed by atoms with van der Waals surface area (Å²) in [5.41, 5.74) is 0.804. The molecule has 3 aliphatic rings. The third-order valence-electron chi connectivity index (χ3n) is 4.72. The van der Waals surface area contributed by atoms with Gasteiger partial charge in [-0.15, -0.1) is 0 Å². The molecule has 1 nitrogen and oxygen atoms in total. The van der Waals surface area contributed by atoms with Gasteiger partial charge in [0.2, 0.25) is 0 Å². The molecule has 0 saturated heterocycles. The summed E-state index contributed by atoms with van der Waals surface area (Å²) in [5.74, 6) is 2.14. The molecular weight excluding hydrogens is 170 g/mol. The average Bonchev–Trinajstić information content (AvgIpc) is 3.07. The first-order chi connectivity index (χ1) is 6.89. The van der Waals surface area contributed by atoms with E-state index in [9.17, 15) is 0 Å². The average molecular weight is 193 g/mol. The van der Waals surface area contributed by atoms with E-state index in [1.165, 1.54) is 64.5 Å². The molecule has 0 aliphatic heterocycles. The maximum Gasteiger partial charge on any atom is 0.00106 e. The van der Waals surface area contributed by atoms with Gasteiger partial charge in [0, 0.05) is 6.54 Å². The van der Waals surface area contributed by atoms with E-state index in [0.717, 1.165) is 17.3 Å². The first-order valence-electron chi connectivity index (χ1n) is 6.60. The lowest BCUT2D eigenvalue weighted by Crippen LogP contribution is -2.29. The minimum Gasteiger partial charge on any atom is -0.316 e. The van der Waals surface area contributed by atoms with Crippen LogP contribution >= 0.6 is 0 Å². The van der Waals surface area contributed by atoms with Crippen LogP contribution in [-0.2, 0) is 0 Å². The molecule has 0 aromatic rings. The van der Waals surface area contributed by atoms with Crippen molar-refractivity contribution in [1.82, 2.24) is 5.32 Å². The molecule has 0 spiro atoms. The first kappa shape index (κ1) is 9.21. The van der Waals surface area contributed by atoms with Crippen LogP contribution in [-0.4, -0.2) is 13.1 Å². The third kappa shape index (κ3) is 1.84. The number of nitrogens with one attached hydrogen (secondary N) is 1. The lowest BCUT2D eigenvalue weighted by molar-refractivity contribution is 0.379. The van der Waals surface area contributed by atoms with E-state index in [2.05, 4.69) is 5.32 Å². The SMILES string of the molecule is C1CCC(CNCC2(C3CC3)CC2)C1. The molecule has 1 heteroatoms. The Balaban J connectivity index is 1.37. The maximum absolute atomic E-state index is 3.75. The van der Waals surface area contributed by atoms with Gasteiger partial charge in [0.15, 0.2) is 0 Å². The van der Waals surface area contributed by atoms with Gasteiger partial charge in [-0.05, 0) is 62.3 Å². The van der Waals surface area contributed by atoms with E-state index < -0.39 is 0 Å². The van der Waals surface area contributed by atoms with Gasteiger partial charge in [0.05, 0.1) is 0 Å². The lowest BCUT2D eigenvalue weighted by atomic mass is 10.00. The summed E-state index contributed by atoms with van der Waals surface area (Å²) < 4.78 is 0. The molecule has 0 unspecified atom stereocenters. The molecule has 0 radical (unpaired) electrons. The summed E-state index contributed by atoms with van der Waals surface area (Å²) in [6.07, 6.45) is 12.1. The Morgan fingerprint density at radius 1 is 1.00 bits per heavy atom. The molecule has 0 atom stereocenters. The summed E-state index contributed by atoms with van der Waals surface area (Å²) in [6.45, 7) is 2.66. The lowest BCUT2D eigenvalue weighted by Gasteiger charge is -2.17. The fourth-order valence-corrected chi connectivity index (χ4v) is 3.33. The molecule has 14 heavy (non-hydrogen) atoms. The van der Waals surface area contributed by atoms with Gasteiger partial charge in [0.25, 0.3) is 0 Å². The second-order valence-electron chi connectivity index (χ2n) is 5.92. The summed E-state index contributed by atoms with van der Waals surface area (Å²) in [6, 6.07) is 0. The molecule has 80 valence electrons. The smallest absolute Gasteiger partial charge is 0.00106 e. The van der Waals surface area contributed by atoms with Gasteiger partial charge in [-0.1, -0.05) is 12.8 Å². The van der Waals surface area contributed by atoms with Gasteiger partial charge in [-0.2, -0.15) is 0 Å². The molecule has 0 aromatic heterocycles. The van der Waals surface area contributed by atoms with E-state index in [1.54, 1.807) is 0 Å². The highest BCUT2D eigenvalue weighted by atomic mass is 14.9. The summed E-state index contributed by atoms with van der Waals surface area (Å²) in [5, 5.41) is 3.75. The van der Waals surface area contributed by atoms with Crippen LogP contribution in [0.2, 0.25) is 0 Å². The Morgan fingerprint density at radius 3 is 2.29 bits per heavy atom. The zero-order chi connectivity index (χ0) is 9.43. The monoisotopic (exact) mass is 193 g/mol. The Kier molecular flexibility index (Phi) is 2.31. The second-order valence-corrected chi connectivity index (χ2v) is 5.92. The Labute approximate surface area is 87.7 Å². The van der Waals surface area contributed by atoms with Gasteiger partial charge in [-0.3, -0.25) is 0 Å². The predicted octanol–water partition coefficient (Wildman–Crippen LogP) is 2.96. The molecular formula is C13H23N. The number of hydrogen-bond acceptors (Lipinski definition) is 1. The highest BCUT2D eigenvalue weighted by Crippen LogP contribution is 2.60. The third-order valence-corrected chi connectivity index (χ3v) is 4.72. The first-order valence-corrected chi connectivity index (χ1v) is 6.60. The van der Waals surface area contributed by atoms with Crippen molar-refractivity contribution in [3.8, 4) is 0 Å². The van der Waals surface area contributed by atoms with E-state index in [0.29, 0.717) is 0 Å². The largest absolute Gasteiger partial charge is 0.316 e. The van der Waals surface area contributed by atoms with Gasteiger partial charge >= 0.3 is 0 Å². The summed E-state index contributed by atoms with van der Waals surface area (Å²) in [7, 11) is 0. The number of hydrogen-bond donors (Lipinski definition) is 1. The van der Waals surface area contributed by atoms with Crippen molar-refractivity contribution in [2.45, 2.75) is 51.4 Å². The highest BCUT2D eigenvalue weighted by Gasteiger charge is 2.53. The molecule has 0 amide bonds.